The number of hydrogen-bond donors (Lipinski definition) is 2. The summed E-state index contributed by atoms with van der Waals surface area (Å²) in [7, 11) is 0. The van der Waals surface area contributed by atoms with Crippen molar-refractivity contribution in [3.63, 3.8) is 0 Å². The van der Waals surface area contributed by atoms with E-state index in [1.54, 1.807) is 0 Å². The molecule has 24 heavy (non-hydrogen) atoms. The van der Waals surface area contributed by atoms with Crippen LogP contribution >= 0.6 is 0 Å². The second-order valence-corrected chi connectivity index (χ2v) is 7.00. The van der Waals surface area contributed by atoms with Crippen molar-refractivity contribution >= 4 is 11.9 Å². The largest absolute Gasteiger partial charge is 0.481 e. The number of fused-ring (bicyclic) bond motifs is 1. The van der Waals surface area contributed by atoms with Gasteiger partial charge >= 0.3 is 5.97 Å². The maximum atomic E-state index is 12.6. The smallest absolute Gasteiger partial charge is 0.305 e. The summed E-state index contributed by atoms with van der Waals surface area (Å²) in [5, 5.41) is 12.2. The summed E-state index contributed by atoms with van der Waals surface area (Å²) in [5.41, 5.74) is 1.96. The molecule has 0 radical (unpaired) electrons. The molecule has 5 nitrogen and oxygen atoms in total. The third-order valence-corrected chi connectivity index (χ3v) is 5.27. The van der Waals surface area contributed by atoms with Gasteiger partial charge in [-0.25, -0.2) is 0 Å². The molecule has 1 fully saturated rings. The van der Waals surface area contributed by atoms with Crippen LogP contribution < -0.4 is 5.32 Å². The highest BCUT2D eigenvalue weighted by Gasteiger charge is 2.37. The molecular weight excluding hydrogens is 306 g/mol. The second kappa shape index (κ2) is 7.34. The topological polar surface area (TPSA) is 75.6 Å². The fraction of sp³-hybridized carbons (Fsp3) is 0.579. The molecule has 1 amide bonds. The van der Waals surface area contributed by atoms with E-state index < -0.39 is 11.5 Å². The zero-order valence-corrected chi connectivity index (χ0v) is 13.9. The van der Waals surface area contributed by atoms with Gasteiger partial charge in [0.15, 0.2) is 0 Å². The van der Waals surface area contributed by atoms with Crippen LogP contribution in [0.3, 0.4) is 0 Å². The van der Waals surface area contributed by atoms with Crippen molar-refractivity contribution in [2.45, 2.75) is 56.4 Å². The fourth-order valence-corrected chi connectivity index (χ4v) is 4.03. The van der Waals surface area contributed by atoms with E-state index in [0.717, 1.165) is 19.3 Å². The lowest BCUT2D eigenvalue weighted by atomic mass is 9.80. The van der Waals surface area contributed by atoms with Gasteiger partial charge in [0.1, 0.15) is 0 Å². The summed E-state index contributed by atoms with van der Waals surface area (Å²) in [6.45, 7) is 1.000. The van der Waals surface area contributed by atoms with Gasteiger partial charge in [-0.2, -0.15) is 0 Å². The molecule has 1 aliphatic carbocycles. The Bertz CT molecular complexity index is 607. The predicted octanol–water partition coefficient (Wildman–Crippen LogP) is 2.64. The van der Waals surface area contributed by atoms with Crippen LogP contribution in [-0.2, 0) is 20.7 Å². The molecule has 1 saturated heterocycles. The molecule has 1 heterocycles. The first-order valence-electron chi connectivity index (χ1n) is 8.76. The number of hydrogen-bond acceptors (Lipinski definition) is 3. The molecule has 0 bridgehead atoms. The molecule has 1 unspecified atom stereocenters. The van der Waals surface area contributed by atoms with Crippen LogP contribution in [0.25, 0.3) is 0 Å². The van der Waals surface area contributed by atoms with Crippen LogP contribution in [0.5, 0.6) is 0 Å². The summed E-state index contributed by atoms with van der Waals surface area (Å²) in [6.07, 6.45) is 4.71. The monoisotopic (exact) mass is 331 g/mol. The number of carboxylic acids is 1. The number of rotatable bonds is 5. The predicted molar refractivity (Wildman–Crippen MR) is 89.9 cm³/mol. The number of benzene rings is 1. The van der Waals surface area contributed by atoms with Crippen molar-refractivity contribution in [3.8, 4) is 0 Å². The average Bonchev–Trinajstić information content (AvgIpc) is 2.55. The first kappa shape index (κ1) is 17.0. The Labute approximate surface area is 142 Å². The first-order chi connectivity index (χ1) is 11.6. The normalized spacial score (nSPS) is 22.4. The summed E-state index contributed by atoms with van der Waals surface area (Å²) in [6, 6.07) is 8.34. The number of carbonyl (C=O) groups excluding carboxylic acids is 1. The van der Waals surface area contributed by atoms with Crippen LogP contribution in [0.15, 0.2) is 24.3 Å². The van der Waals surface area contributed by atoms with E-state index in [4.69, 9.17) is 4.74 Å². The number of aryl methyl sites for hydroxylation is 1. The maximum Gasteiger partial charge on any atom is 0.305 e. The first-order valence-corrected chi connectivity index (χ1v) is 8.76. The molecule has 0 saturated carbocycles. The summed E-state index contributed by atoms with van der Waals surface area (Å²) < 4.78 is 5.34. The molecule has 0 spiro atoms. The number of carboxylic acid groups (broad SMARTS) is 1. The van der Waals surface area contributed by atoms with E-state index in [2.05, 4.69) is 17.4 Å². The van der Waals surface area contributed by atoms with Crippen LogP contribution in [0.2, 0.25) is 0 Å². The van der Waals surface area contributed by atoms with E-state index in [0.29, 0.717) is 32.5 Å². The zero-order chi connectivity index (χ0) is 17.0. The van der Waals surface area contributed by atoms with Gasteiger partial charge in [-0.05, 0) is 49.1 Å². The quantitative estimate of drug-likeness (QED) is 0.870. The van der Waals surface area contributed by atoms with Crippen molar-refractivity contribution in [1.29, 1.82) is 0 Å². The highest BCUT2D eigenvalue weighted by atomic mass is 16.5. The van der Waals surface area contributed by atoms with Gasteiger partial charge in [-0.1, -0.05) is 24.3 Å². The van der Waals surface area contributed by atoms with E-state index in [1.165, 1.54) is 11.1 Å². The van der Waals surface area contributed by atoms with Gasteiger partial charge in [0.05, 0.1) is 12.0 Å². The Hall–Kier alpha value is -1.88. The van der Waals surface area contributed by atoms with Crippen LogP contribution in [0, 0.1) is 0 Å². The lowest BCUT2D eigenvalue weighted by Gasteiger charge is -2.37. The minimum atomic E-state index is -0.875. The Balaban J connectivity index is 1.67. The van der Waals surface area contributed by atoms with E-state index in [1.807, 2.05) is 12.1 Å². The molecule has 1 aromatic carbocycles. The SMILES string of the molecule is O=C(O)CC1(NC(=O)CC2CCCc3ccccc32)CCOCC1. The molecule has 2 aliphatic rings. The van der Waals surface area contributed by atoms with Crippen molar-refractivity contribution in [3.05, 3.63) is 35.4 Å². The summed E-state index contributed by atoms with van der Waals surface area (Å²) >= 11 is 0. The highest BCUT2D eigenvalue weighted by molar-refractivity contribution is 5.79. The summed E-state index contributed by atoms with van der Waals surface area (Å²) in [4.78, 5) is 23.8. The minimum absolute atomic E-state index is 0.0383. The van der Waals surface area contributed by atoms with Crippen LogP contribution in [0.4, 0.5) is 0 Å². The average molecular weight is 331 g/mol. The fourth-order valence-electron chi connectivity index (χ4n) is 4.03. The van der Waals surface area contributed by atoms with E-state index in [9.17, 15) is 14.7 Å². The van der Waals surface area contributed by atoms with Gasteiger partial charge in [0.2, 0.25) is 5.91 Å². The lowest BCUT2D eigenvalue weighted by Crippen LogP contribution is -2.53. The molecule has 3 rings (SSSR count). The van der Waals surface area contributed by atoms with Gasteiger partial charge in [0, 0.05) is 19.6 Å². The molecule has 1 aliphatic heterocycles. The van der Waals surface area contributed by atoms with Crippen molar-refractivity contribution in [1.82, 2.24) is 5.32 Å². The molecule has 0 aromatic heterocycles. The Morgan fingerprint density at radius 2 is 2.00 bits per heavy atom. The molecule has 130 valence electrons. The van der Waals surface area contributed by atoms with E-state index >= 15 is 0 Å². The van der Waals surface area contributed by atoms with Crippen molar-refractivity contribution in [2.24, 2.45) is 0 Å². The molecule has 5 heteroatoms. The number of nitrogens with one attached hydrogen (secondary N) is 1. The minimum Gasteiger partial charge on any atom is -0.481 e. The van der Waals surface area contributed by atoms with Crippen LogP contribution in [0.1, 0.15) is 55.6 Å². The summed E-state index contributed by atoms with van der Waals surface area (Å²) in [5.74, 6) is -0.684. The van der Waals surface area contributed by atoms with Gasteiger partial charge in [0.25, 0.3) is 0 Å². The number of aliphatic carboxylic acids is 1. The third kappa shape index (κ3) is 3.96. The number of ether oxygens (including phenoxy) is 1. The van der Waals surface area contributed by atoms with Crippen molar-refractivity contribution < 1.29 is 19.4 Å². The highest BCUT2D eigenvalue weighted by Crippen LogP contribution is 2.34. The molecular formula is C19H25NO4. The standard InChI is InChI=1S/C19H25NO4/c21-17(20-19(13-18(22)23)8-10-24-11-9-19)12-15-6-3-5-14-4-1-2-7-16(14)15/h1-2,4,7,15H,3,5-6,8-13H2,(H,20,21)(H,22,23). The molecule has 2 N–H and O–H groups in total. The van der Waals surface area contributed by atoms with Gasteiger partial charge in [-0.3, -0.25) is 9.59 Å². The van der Waals surface area contributed by atoms with Gasteiger partial charge < -0.3 is 15.2 Å². The molecule has 1 atom stereocenters. The molecule has 1 aromatic rings. The Kier molecular flexibility index (Phi) is 5.19. The van der Waals surface area contributed by atoms with Crippen LogP contribution in [-0.4, -0.2) is 35.7 Å². The Morgan fingerprint density at radius 1 is 1.25 bits per heavy atom. The Morgan fingerprint density at radius 3 is 2.75 bits per heavy atom. The lowest BCUT2D eigenvalue weighted by molar-refractivity contribution is -0.140. The van der Waals surface area contributed by atoms with Gasteiger partial charge in [-0.15, -0.1) is 0 Å². The number of carbonyl (C=O) groups is 2. The number of amides is 1. The maximum absolute atomic E-state index is 12.6. The van der Waals surface area contributed by atoms with Crippen molar-refractivity contribution in [2.75, 3.05) is 13.2 Å². The van der Waals surface area contributed by atoms with E-state index in [-0.39, 0.29) is 18.2 Å². The zero-order valence-electron chi connectivity index (χ0n) is 13.9. The second-order valence-electron chi connectivity index (χ2n) is 7.00. The third-order valence-electron chi connectivity index (χ3n) is 5.27.